The number of hydrogen-bond acceptors (Lipinski definition) is 7. The van der Waals surface area contributed by atoms with Crippen LogP contribution in [0.2, 0.25) is 0 Å². The normalized spacial score (nSPS) is 14.0. The SMILES string of the molecule is O=C(O)C(=O)O.O=C(c1ccc(F)cc1)N1CCN(S(=O)(=O)c2ccccc2[N+](=O)[O-])CC1. The molecule has 0 unspecified atom stereocenters. The van der Waals surface area contributed by atoms with Crippen LogP contribution in [0.4, 0.5) is 10.1 Å². The van der Waals surface area contributed by atoms with E-state index in [1.165, 1.54) is 47.4 Å². The van der Waals surface area contributed by atoms with E-state index in [9.17, 15) is 27.7 Å². The maximum absolute atomic E-state index is 13.0. The van der Waals surface area contributed by atoms with Crippen LogP contribution in [0.25, 0.3) is 0 Å². The van der Waals surface area contributed by atoms with E-state index >= 15 is 0 Å². The van der Waals surface area contributed by atoms with Crippen molar-refractivity contribution in [3.8, 4) is 0 Å². The average Bonchev–Trinajstić information content (AvgIpc) is 2.79. The molecule has 1 fully saturated rings. The van der Waals surface area contributed by atoms with Crippen molar-refractivity contribution in [2.24, 2.45) is 0 Å². The molecule has 1 saturated heterocycles. The van der Waals surface area contributed by atoms with Gasteiger partial charge in [0.05, 0.1) is 4.92 Å². The van der Waals surface area contributed by atoms with E-state index < -0.39 is 38.4 Å². The summed E-state index contributed by atoms with van der Waals surface area (Å²) >= 11 is 0. The fraction of sp³-hybridized carbons (Fsp3) is 0.211. The Labute approximate surface area is 186 Å². The Morgan fingerprint density at radius 3 is 1.91 bits per heavy atom. The molecule has 3 rings (SSSR count). The molecule has 0 radical (unpaired) electrons. The minimum absolute atomic E-state index is 0.0152. The van der Waals surface area contributed by atoms with Crippen molar-refractivity contribution in [2.75, 3.05) is 26.2 Å². The lowest BCUT2D eigenvalue weighted by Gasteiger charge is -2.34. The van der Waals surface area contributed by atoms with Gasteiger partial charge in [-0.3, -0.25) is 14.9 Å². The van der Waals surface area contributed by atoms with E-state index in [4.69, 9.17) is 19.8 Å². The summed E-state index contributed by atoms with van der Waals surface area (Å²) in [6.45, 7) is 0.300. The van der Waals surface area contributed by atoms with Gasteiger partial charge in [0, 0.05) is 37.8 Å². The molecule has 0 atom stereocenters. The van der Waals surface area contributed by atoms with Crippen LogP contribution in [0.1, 0.15) is 10.4 Å². The number of carboxylic acid groups (broad SMARTS) is 2. The van der Waals surface area contributed by atoms with Crippen molar-refractivity contribution in [3.05, 3.63) is 70.0 Å². The smallest absolute Gasteiger partial charge is 0.414 e. The maximum atomic E-state index is 13.0. The number of carbonyl (C=O) groups is 3. The van der Waals surface area contributed by atoms with Gasteiger partial charge in [0.25, 0.3) is 11.6 Å². The molecule has 1 heterocycles. The number of aliphatic carboxylic acids is 2. The third-order valence-electron chi connectivity index (χ3n) is 4.48. The highest BCUT2D eigenvalue weighted by Crippen LogP contribution is 2.27. The summed E-state index contributed by atoms with van der Waals surface area (Å²) in [5.41, 5.74) is -0.172. The van der Waals surface area contributed by atoms with Crippen LogP contribution in [0, 0.1) is 15.9 Å². The van der Waals surface area contributed by atoms with Crippen molar-refractivity contribution in [1.82, 2.24) is 9.21 Å². The van der Waals surface area contributed by atoms with E-state index in [1.54, 1.807) is 0 Å². The molecule has 1 amide bonds. The summed E-state index contributed by atoms with van der Waals surface area (Å²) in [5, 5.41) is 25.9. The Kier molecular flexibility index (Phi) is 8.15. The maximum Gasteiger partial charge on any atom is 0.414 e. The van der Waals surface area contributed by atoms with Crippen molar-refractivity contribution in [1.29, 1.82) is 0 Å². The zero-order chi connectivity index (χ0) is 24.8. The fourth-order valence-electron chi connectivity index (χ4n) is 2.87. The van der Waals surface area contributed by atoms with Gasteiger partial charge in [-0.05, 0) is 30.3 Å². The number of rotatable bonds is 4. The topological polar surface area (TPSA) is 175 Å². The van der Waals surface area contributed by atoms with Crippen molar-refractivity contribution < 1.29 is 42.3 Å². The lowest BCUT2D eigenvalue weighted by Crippen LogP contribution is -2.50. The number of sulfonamides is 1. The fourth-order valence-corrected chi connectivity index (χ4v) is 4.45. The van der Waals surface area contributed by atoms with Gasteiger partial charge in [-0.15, -0.1) is 0 Å². The Hall–Kier alpha value is -3.91. The van der Waals surface area contributed by atoms with Crippen LogP contribution in [-0.2, 0) is 19.6 Å². The van der Waals surface area contributed by atoms with E-state index in [0.717, 1.165) is 10.4 Å². The molecule has 14 heteroatoms. The molecule has 1 aliphatic rings. The van der Waals surface area contributed by atoms with Crippen LogP contribution in [0.3, 0.4) is 0 Å². The highest BCUT2D eigenvalue weighted by atomic mass is 32.2. The Balaban J connectivity index is 0.000000569. The Bertz CT molecular complexity index is 1150. The molecule has 33 heavy (non-hydrogen) atoms. The number of para-hydroxylation sites is 1. The van der Waals surface area contributed by atoms with Gasteiger partial charge in [0.15, 0.2) is 4.90 Å². The lowest BCUT2D eigenvalue weighted by atomic mass is 10.2. The number of nitro groups is 1. The Morgan fingerprint density at radius 2 is 1.42 bits per heavy atom. The van der Waals surface area contributed by atoms with Gasteiger partial charge < -0.3 is 15.1 Å². The van der Waals surface area contributed by atoms with Crippen LogP contribution < -0.4 is 0 Å². The molecule has 0 bridgehead atoms. The zero-order valence-electron chi connectivity index (χ0n) is 16.8. The van der Waals surface area contributed by atoms with E-state index in [0.29, 0.717) is 5.56 Å². The third-order valence-corrected chi connectivity index (χ3v) is 6.43. The number of carboxylic acids is 2. The number of benzene rings is 2. The molecule has 0 spiro atoms. The first kappa shape index (κ1) is 25.4. The standard InChI is InChI=1S/C17H16FN3O5S.C2H2O4/c18-14-7-5-13(6-8-14)17(22)19-9-11-20(12-10-19)27(25,26)16-4-2-1-3-15(16)21(23)24;3-1(4)2(5)6/h1-8H,9-12H2;(H,3,4)(H,5,6). The van der Waals surface area contributed by atoms with Crippen molar-refractivity contribution in [3.63, 3.8) is 0 Å². The predicted octanol–water partition coefficient (Wildman–Crippen LogP) is 1.04. The number of amides is 1. The van der Waals surface area contributed by atoms with E-state index in [-0.39, 0.29) is 37.0 Å². The Morgan fingerprint density at radius 1 is 0.909 bits per heavy atom. The van der Waals surface area contributed by atoms with Crippen LogP contribution in [-0.4, -0.2) is 76.8 Å². The van der Waals surface area contributed by atoms with Crippen LogP contribution in [0.5, 0.6) is 0 Å². The average molecular weight is 483 g/mol. The second-order valence-corrected chi connectivity index (χ2v) is 8.44. The minimum Gasteiger partial charge on any atom is -0.473 e. The number of hydrogen-bond donors (Lipinski definition) is 2. The highest BCUT2D eigenvalue weighted by Gasteiger charge is 2.34. The van der Waals surface area contributed by atoms with Crippen LogP contribution in [0.15, 0.2) is 53.4 Å². The van der Waals surface area contributed by atoms with E-state index in [2.05, 4.69) is 0 Å². The molecule has 2 aromatic rings. The largest absolute Gasteiger partial charge is 0.473 e. The summed E-state index contributed by atoms with van der Waals surface area (Å²) < 4.78 is 39.7. The monoisotopic (exact) mass is 483 g/mol. The van der Waals surface area contributed by atoms with Crippen molar-refractivity contribution >= 4 is 33.6 Å². The highest BCUT2D eigenvalue weighted by molar-refractivity contribution is 7.89. The number of nitro benzene ring substituents is 1. The van der Waals surface area contributed by atoms with Gasteiger partial charge in [-0.1, -0.05) is 12.1 Å². The summed E-state index contributed by atoms with van der Waals surface area (Å²) in [6, 6.07) is 10.3. The van der Waals surface area contributed by atoms with Gasteiger partial charge in [-0.25, -0.2) is 22.4 Å². The molecule has 1 aliphatic heterocycles. The molecule has 2 N–H and O–H groups in total. The first-order chi connectivity index (χ1) is 15.4. The van der Waals surface area contributed by atoms with Gasteiger partial charge in [0.1, 0.15) is 5.82 Å². The van der Waals surface area contributed by atoms with Crippen LogP contribution >= 0.6 is 0 Å². The van der Waals surface area contributed by atoms with E-state index in [1.807, 2.05) is 0 Å². The minimum atomic E-state index is -4.05. The number of nitrogens with zero attached hydrogens (tertiary/aromatic N) is 3. The molecule has 176 valence electrons. The summed E-state index contributed by atoms with van der Waals surface area (Å²) in [5.74, 6) is -4.42. The second-order valence-electron chi connectivity index (χ2n) is 6.54. The summed E-state index contributed by atoms with van der Waals surface area (Å²) in [4.78, 5) is 42.1. The predicted molar refractivity (Wildman–Crippen MR) is 109 cm³/mol. The zero-order valence-corrected chi connectivity index (χ0v) is 17.6. The van der Waals surface area contributed by atoms with Gasteiger partial charge in [0.2, 0.25) is 10.0 Å². The summed E-state index contributed by atoms with van der Waals surface area (Å²) in [6.07, 6.45) is 0. The first-order valence-corrected chi connectivity index (χ1v) is 10.6. The number of piperazine rings is 1. The number of carbonyl (C=O) groups excluding carboxylic acids is 1. The molecule has 2 aromatic carbocycles. The molecular formula is C19H18FN3O9S. The molecule has 0 aromatic heterocycles. The summed E-state index contributed by atoms with van der Waals surface area (Å²) in [7, 11) is -4.05. The van der Waals surface area contributed by atoms with Crippen molar-refractivity contribution in [2.45, 2.75) is 4.90 Å². The molecular weight excluding hydrogens is 465 g/mol. The van der Waals surface area contributed by atoms with Gasteiger partial charge in [-0.2, -0.15) is 4.31 Å². The molecule has 0 saturated carbocycles. The molecule has 12 nitrogen and oxygen atoms in total. The number of halogens is 1. The second kappa shape index (κ2) is 10.6. The van der Waals surface area contributed by atoms with Gasteiger partial charge >= 0.3 is 11.9 Å². The lowest BCUT2D eigenvalue weighted by molar-refractivity contribution is -0.387. The molecule has 0 aliphatic carbocycles. The quantitative estimate of drug-likeness (QED) is 0.365. The third kappa shape index (κ3) is 6.30. The first-order valence-electron chi connectivity index (χ1n) is 9.19.